The van der Waals surface area contributed by atoms with E-state index in [9.17, 15) is 0 Å². The van der Waals surface area contributed by atoms with E-state index in [1.54, 1.807) is 0 Å². The molecule has 0 spiro atoms. The van der Waals surface area contributed by atoms with Gasteiger partial charge in [-0.05, 0) is 6.42 Å². The minimum atomic E-state index is 0.478. The van der Waals surface area contributed by atoms with Crippen molar-refractivity contribution in [2.45, 2.75) is 12.5 Å². The van der Waals surface area contributed by atoms with Crippen LogP contribution in [-0.4, -0.2) is 17.5 Å². The third kappa shape index (κ3) is 1.93. The molecule has 0 aromatic heterocycles. The molecule has 1 aliphatic rings. The van der Waals surface area contributed by atoms with Crippen LogP contribution in [0, 0.1) is 0 Å². The van der Waals surface area contributed by atoms with Crippen LogP contribution in [0.2, 0.25) is 0 Å². The Balaban J connectivity index is 2.12. The van der Waals surface area contributed by atoms with Crippen molar-refractivity contribution in [1.82, 2.24) is 0 Å². The van der Waals surface area contributed by atoms with Crippen molar-refractivity contribution in [2.75, 3.05) is 11.5 Å². The molecule has 42 valence electrons. The summed E-state index contributed by atoms with van der Waals surface area (Å²) in [7, 11) is 3.83. The molecule has 1 nitrogen and oxygen atoms in total. The number of hydrogen-bond acceptors (Lipinski definition) is 3. The number of hydrogen-bond donors (Lipinski definition) is 1. The Hall–Kier alpha value is 0.660. The van der Waals surface area contributed by atoms with Crippen LogP contribution in [0.4, 0.5) is 0 Å². The molecule has 0 saturated carbocycles. The fourth-order valence-electron chi connectivity index (χ4n) is 0.477. The smallest absolute Gasteiger partial charge is 0.0189 e. The van der Waals surface area contributed by atoms with Gasteiger partial charge in [0.25, 0.3) is 0 Å². The molecule has 1 unspecified atom stereocenters. The van der Waals surface area contributed by atoms with Crippen molar-refractivity contribution in [2.24, 2.45) is 5.73 Å². The summed E-state index contributed by atoms with van der Waals surface area (Å²) in [6, 6.07) is 0.478. The van der Waals surface area contributed by atoms with Crippen LogP contribution in [0.25, 0.3) is 0 Å². The van der Waals surface area contributed by atoms with E-state index in [1.165, 1.54) is 12.2 Å². The van der Waals surface area contributed by atoms with Crippen LogP contribution in [0.1, 0.15) is 6.42 Å². The van der Waals surface area contributed by atoms with Crippen LogP contribution in [0.15, 0.2) is 0 Å². The molecular weight excluding hydrogens is 126 g/mol. The Bertz CT molecular complexity index is 51.7. The van der Waals surface area contributed by atoms with Crippen LogP contribution in [-0.2, 0) is 0 Å². The number of rotatable bonds is 0. The highest BCUT2D eigenvalue weighted by Gasteiger charge is 2.07. The van der Waals surface area contributed by atoms with Crippen LogP contribution in [0.5, 0.6) is 0 Å². The van der Waals surface area contributed by atoms with Gasteiger partial charge in [-0.3, -0.25) is 0 Å². The Morgan fingerprint density at radius 1 is 1.43 bits per heavy atom. The second kappa shape index (κ2) is 2.84. The van der Waals surface area contributed by atoms with Gasteiger partial charge in [-0.15, -0.1) is 0 Å². The van der Waals surface area contributed by atoms with Gasteiger partial charge in [0.1, 0.15) is 0 Å². The summed E-state index contributed by atoms with van der Waals surface area (Å²) < 4.78 is 0. The fourth-order valence-corrected chi connectivity index (χ4v) is 2.89. The van der Waals surface area contributed by atoms with Crippen molar-refractivity contribution in [3.8, 4) is 0 Å². The largest absolute Gasteiger partial charge is 0.327 e. The van der Waals surface area contributed by atoms with Gasteiger partial charge in [0, 0.05) is 17.5 Å². The molecule has 1 atom stereocenters. The molecule has 1 saturated heterocycles. The first kappa shape index (κ1) is 5.79. The van der Waals surface area contributed by atoms with E-state index in [2.05, 4.69) is 0 Å². The van der Waals surface area contributed by atoms with Crippen molar-refractivity contribution in [3.05, 3.63) is 0 Å². The zero-order valence-electron chi connectivity index (χ0n) is 4.09. The standard InChI is InChI=1S/C4H9NS2/c5-4-1-2-6-7-3-4/h4H,1-3,5H2. The molecule has 1 rings (SSSR count). The topological polar surface area (TPSA) is 26.0 Å². The maximum Gasteiger partial charge on any atom is 0.0189 e. The monoisotopic (exact) mass is 135 g/mol. The zero-order valence-corrected chi connectivity index (χ0v) is 5.73. The molecule has 1 aliphatic heterocycles. The predicted octanol–water partition coefficient (Wildman–Crippen LogP) is 1.10. The first-order valence-electron chi connectivity index (χ1n) is 2.39. The summed E-state index contributed by atoms with van der Waals surface area (Å²) in [5, 5.41) is 0. The Labute approximate surface area is 51.8 Å². The summed E-state index contributed by atoms with van der Waals surface area (Å²) in [6.07, 6.45) is 1.21. The van der Waals surface area contributed by atoms with E-state index in [4.69, 9.17) is 5.73 Å². The second-order valence-corrected chi connectivity index (χ2v) is 4.28. The van der Waals surface area contributed by atoms with Crippen molar-refractivity contribution < 1.29 is 0 Å². The average Bonchev–Trinajstić information content (AvgIpc) is 1.69. The second-order valence-electron chi connectivity index (χ2n) is 1.66. The van der Waals surface area contributed by atoms with Gasteiger partial charge in [0.05, 0.1) is 0 Å². The molecule has 0 aromatic carbocycles. The molecule has 3 heteroatoms. The van der Waals surface area contributed by atoms with Crippen molar-refractivity contribution in [1.29, 1.82) is 0 Å². The minimum absolute atomic E-state index is 0.478. The molecule has 0 radical (unpaired) electrons. The Kier molecular flexibility index (Phi) is 2.35. The SMILES string of the molecule is NC1CCSSC1. The fraction of sp³-hybridized carbons (Fsp3) is 1.00. The van der Waals surface area contributed by atoms with E-state index in [0.29, 0.717) is 6.04 Å². The molecular formula is C4H9NS2. The lowest BCUT2D eigenvalue weighted by Crippen LogP contribution is -2.25. The van der Waals surface area contributed by atoms with Crippen LogP contribution < -0.4 is 5.73 Å². The molecule has 1 heterocycles. The summed E-state index contributed by atoms with van der Waals surface area (Å²) >= 11 is 0. The quantitative estimate of drug-likeness (QED) is 0.504. The van der Waals surface area contributed by atoms with Gasteiger partial charge in [-0.1, -0.05) is 21.6 Å². The maximum atomic E-state index is 5.60. The van der Waals surface area contributed by atoms with E-state index in [-0.39, 0.29) is 0 Å². The van der Waals surface area contributed by atoms with Gasteiger partial charge < -0.3 is 5.73 Å². The van der Waals surface area contributed by atoms with Crippen LogP contribution >= 0.6 is 21.6 Å². The Morgan fingerprint density at radius 2 is 2.29 bits per heavy atom. The summed E-state index contributed by atoms with van der Waals surface area (Å²) in [5.41, 5.74) is 5.60. The highest BCUT2D eigenvalue weighted by Crippen LogP contribution is 2.27. The minimum Gasteiger partial charge on any atom is -0.327 e. The third-order valence-corrected chi connectivity index (χ3v) is 3.48. The lowest BCUT2D eigenvalue weighted by molar-refractivity contribution is 0.730. The maximum absolute atomic E-state index is 5.60. The van der Waals surface area contributed by atoms with E-state index >= 15 is 0 Å². The van der Waals surface area contributed by atoms with Gasteiger partial charge in [-0.2, -0.15) is 0 Å². The predicted molar refractivity (Wildman–Crippen MR) is 37.5 cm³/mol. The average molecular weight is 135 g/mol. The van der Waals surface area contributed by atoms with Gasteiger partial charge in [0.2, 0.25) is 0 Å². The lowest BCUT2D eigenvalue weighted by atomic mass is 10.3. The highest BCUT2D eigenvalue weighted by atomic mass is 33.1. The van der Waals surface area contributed by atoms with Gasteiger partial charge in [0.15, 0.2) is 0 Å². The van der Waals surface area contributed by atoms with E-state index in [0.717, 1.165) is 5.75 Å². The molecule has 2 N–H and O–H groups in total. The van der Waals surface area contributed by atoms with E-state index < -0.39 is 0 Å². The van der Waals surface area contributed by atoms with Crippen molar-refractivity contribution in [3.63, 3.8) is 0 Å². The van der Waals surface area contributed by atoms with Crippen molar-refractivity contribution >= 4 is 21.6 Å². The summed E-state index contributed by atoms with van der Waals surface area (Å²) in [4.78, 5) is 0. The molecule has 0 aliphatic carbocycles. The van der Waals surface area contributed by atoms with Gasteiger partial charge in [-0.25, -0.2) is 0 Å². The number of nitrogens with two attached hydrogens (primary N) is 1. The van der Waals surface area contributed by atoms with Crippen LogP contribution in [0.3, 0.4) is 0 Å². The Morgan fingerprint density at radius 3 is 2.57 bits per heavy atom. The summed E-state index contributed by atoms with van der Waals surface area (Å²) in [5.74, 6) is 2.39. The molecule has 1 fully saturated rings. The lowest BCUT2D eigenvalue weighted by Gasteiger charge is -2.14. The van der Waals surface area contributed by atoms with E-state index in [1.807, 2.05) is 21.6 Å². The molecule has 0 aromatic rings. The molecule has 0 amide bonds. The zero-order chi connectivity index (χ0) is 5.11. The molecule has 7 heavy (non-hydrogen) atoms. The highest BCUT2D eigenvalue weighted by molar-refractivity contribution is 8.76. The first-order chi connectivity index (χ1) is 3.39. The summed E-state index contributed by atoms with van der Waals surface area (Å²) in [6.45, 7) is 0. The molecule has 0 bridgehead atoms. The normalized spacial score (nSPS) is 33.0. The van der Waals surface area contributed by atoms with Gasteiger partial charge >= 0.3 is 0 Å². The first-order valence-corrected chi connectivity index (χ1v) is 4.88. The third-order valence-electron chi connectivity index (χ3n) is 0.937.